The molecule has 0 saturated carbocycles. The quantitative estimate of drug-likeness (QED) is 0.232. The Hall–Kier alpha value is -0.430. The molecule has 23 heavy (non-hydrogen) atoms. The maximum Gasteiger partial charge on any atom is 0.472 e. The second kappa shape index (κ2) is 7.64. The van der Waals surface area contributed by atoms with Crippen molar-refractivity contribution in [2.75, 3.05) is 6.61 Å². The second-order valence-corrected chi connectivity index (χ2v) is 6.98. The van der Waals surface area contributed by atoms with Gasteiger partial charge in [0.1, 0.15) is 24.4 Å². The van der Waals surface area contributed by atoms with Gasteiger partial charge < -0.3 is 39.8 Å². The van der Waals surface area contributed by atoms with Gasteiger partial charge in [0.2, 0.25) is 5.91 Å². The predicted octanol–water partition coefficient (Wildman–Crippen LogP) is -2.84. The van der Waals surface area contributed by atoms with Crippen LogP contribution in [0.4, 0.5) is 0 Å². The van der Waals surface area contributed by atoms with Crippen molar-refractivity contribution in [2.45, 2.75) is 37.6 Å². The monoisotopic (exact) mass is 381 g/mol. The molecule has 1 aliphatic rings. The number of phosphoric acid groups is 2. The smallest absolute Gasteiger partial charge is 0.394 e. The molecule has 0 bridgehead atoms. The first-order valence-electron chi connectivity index (χ1n) is 6.03. The fourth-order valence-electron chi connectivity index (χ4n) is 1.96. The van der Waals surface area contributed by atoms with Crippen LogP contribution in [0.3, 0.4) is 0 Å². The summed E-state index contributed by atoms with van der Waals surface area (Å²) in [4.78, 5) is 46.6. The van der Waals surface area contributed by atoms with Crippen molar-refractivity contribution in [3.8, 4) is 0 Å². The minimum atomic E-state index is -5.17. The van der Waals surface area contributed by atoms with Crippen molar-refractivity contribution in [1.29, 1.82) is 0 Å². The van der Waals surface area contributed by atoms with E-state index in [9.17, 15) is 19.0 Å². The van der Waals surface area contributed by atoms with Gasteiger partial charge in [0.25, 0.3) is 0 Å². The number of carbonyl (C=O) groups is 1. The average Bonchev–Trinajstić information content (AvgIpc) is 2.33. The highest BCUT2D eigenvalue weighted by Gasteiger charge is 2.50. The van der Waals surface area contributed by atoms with Crippen LogP contribution in [0.25, 0.3) is 0 Å². The predicted molar refractivity (Wildman–Crippen MR) is 69.4 cm³/mol. The molecule has 1 aliphatic heterocycles. The number of amides is 1. The van der Waals surface area contributed by atoms with Crippen LogP contribution in [0.1, 0.15) is 6.92 Å². The molecule has 1 saturated heterocycles. The zero-order valence-electron chi connectivity index (χ0n) is 11.6. The van der Waals surface area contributed by atoms with Crippen LogP contribution in [0, 0.1) is 0 Å². The molecule has 15 heteroatoms. The van der Waals surface area contributed by atoms with Crippen molar-refractivity contribution in [1.82, 2.24) is 5.32 Å². The number of carbonyl (C=O) groups excluding carboxylic acids is 1. The summed E-state index contributed by atoms with van der Waals surface area (Å²) < 4.78 is 35.5. The number of nitrogens with one attached hydrogen (secondary N) is 1. The number of phosphoric ester groups is 2. The lowest BCUT2D eigenvalue weighted by Gasteiger charge is -2.43. The Balaban J connectivity index is 3.18. The molecular weight excluding hydrogens is 364 g/mol. The molecule has 5 atom stereocenters. The first-order valence-corrected chi connectivity index (χ1v) is 9.09. The van der Waals surface area contributed by atoms with E-state index in [0.29, 0.717) is 0 Å². The summed E-state index contributed by atoms with van der Waals surface area (Å²) in [5.41, 5.74) is 0. The van der Waals surface area contributed by atoms with E-state index in [0.717, 1.165) is 6.92 Å². The molecule has 0 radical (unpaired) electrons. The molecule has 0 spiro atoms. The van der Waals surface area contributed by atoms with Gasteiger partial charge >= 0.3 is 15.6 Å². The highest BCUT2D eigenvalue weighted by molar-refractivity contribution is 7.46. The summed E-state index contributed by atoms with van der Waals surface area (Å²) >= 11 is 0. The van der Waals surface area contributed by atoms with E-state index in [1.54, 1.807) is 0 Å². The Morgan fingerprint density at radius 1 is 1.17 bits per heavy atom. The summed E-state index contributed by atoms with van der Waals surface area (Å²) in [7, 11) is -10.3. The Kier molecular flexibility index (Phi) is 6.84. The highest BCUT2D eigenvalue weighted by Crippen LogP contribution is 2.44. The summed E-state index contributed by atoms with van der Waals surface area (Å²) in [6.07, 6.45) is -7.19. The zero-order valence-corrected chi connectivity index (χ0v) is 13.4. The first-order chi connectivity index (χ1) is 10.3. The molecule has 0 aromatic rings. The minimum Gasteiger partial charge on any atom is -0.394 e. The van der Waals surface area contributed by atoms with Crippen LogP contribution in [0.15, 0.2) is 0 Å². The third kappa shape index (κ3) is 6.53. The molecule has 7 N–H and O–H groups in total. The fraction of sp³-hybridized carbons (Fsp3) is 0.875. The maximum atomic E-state index is 11.2. The molecule has 136 valence electrons. The van der Waals surface area contributed by atoms with Crippen LogP contribution >= 0.6 is 15.6 Å². The maximum absolute atomic E-state index is 11.2. The van der Waals surface area contributed by atoms with Gasteiger partial charge in [0.05, 0.1) is 6.61 Å². The molecule has 1 fully saturated rings. The summed E-state index contributed by atoms with van der Waals surface area (Å²) in [5.74, 6) is -0.785. The number of rotatable bonds is 6. The van der Waals surface area contributed by atoms with E-state index in [4.69, 9.17) is 29.4 Å². The van der Waals surface area contributed by atoms with Crippen LogP contribution in [-0.2, 0) is 27.7 Å². The number of aliphatic hydroxyl groups excluding tert-OH is 2. The topological polar surface area (TPSA) is 212 Å². The average molecular weight is 381 g/mol. The van der Waals surface area contributed by atoms with Gasteiger partial charge in [0.15, 0.2) is 6.29 Å². The van der Waals surface area contributed by atoms with Crippen LogP contribution in [0.2, 0.25) is 0 Å². The van der Waals surface area contributed by atoms with Crippen LogP contribution in [-0.4, -0.2) is 72.9 Å². The normalized spacial score (nSPS) is 32.6. The molecule has 0 aliphatic carbocycles. The van der Waals surface area contributed by atoms with Crippen molar-refractivity contribution in [3.63, 3.8) is 0 Å². The zero-order chi connectivity index (χ0) is 18.0. The van der Waals surface area contributed by atoms with E-state index in [1.807, 2.05) is 0 Å². The Bertz CT molecular complexity index is 515. The molecular formula is C8H17NO12P2. The van der Waals surface area contributed by atoms with Gasteiger partial charge in [-0.3, -0.25) is 13.8 Å². The van der Waals surface area contributed by atoms with Gasteiger partial charge in [-0.05, 0) is 0 Å². The van der Waals surface area contributed by atoms with Gasteiger partial charge in [0, 0.05) is 6.92 Å². The molecule has 1 amide bonds. The lowest BCUT2D eigenvalue weighted by Crippen LogP contribution is -2.64. The van der Waals surface area contributed by atoms with Gasteiger partial charge in [-0.2, -0.15) is 0 Å². The third-order valence-electron chi connectivity index (χ3n) is 2.72. The molecule has 1 unspecified atom stereocenters. The second-order valence-electron chi connectivity index (χ2n) is 4.60. The Morgan fingerprint density at radius 2 is 1.70 bits per heavy atom. The lowest BCUT2D eigenvalue weighted by molar-refractivity contribution is -0.245. The highest BCUT2D eigenvalue weighted by atomic mass is 31.2. The summed E-state index contributed by atoms with van der Waals surface area (Å²) in [6.45, 7) is 0.115. The third-order valence-corrected chi connectivity index (χ3v) is 3.72. The molecule has 0 aromatic heterocycles. The number of ether oxygens (including phenoxy) is 1. The Morgan fingerprint density at radius 3 is 2.09 bits per heavy atom. The van der Waals surface area contributed by atoms with Crippen molar-refractivity contribution >= 4 is 21.6 Å². The molecule has 1 rings (SSSR count). The fourth-order valence-corrected chi connectivity index (χ4v) is 2.99. The van der Waals surface area contributed by atoms with Crippen LogP contribution < -0.4 is 5.32 Å². The largest absolute Gasteiger partial charge is 0.472 e. The molecule has 1 heterocycles. The standard InChI is InChI=1S/C8H17NO12P2/c1-3(11)9-5-7(20-22(13,14)15)6(12)4(2-10)19-8(5)21-23(16,17)18/h4-8,10,12H,2H2,1H3,(H,9,11)(H2,13,14,15)(H2,16,17,18)/t4-,5-,6-,7-,8?/m1/s1. The van der Waals surface area contributed by atoms with Gasteiger partial charge in [-0.1, -0.05) is 0 Å². The molecule has 13 nitrogen and oxygen atoms in total. The van der Waals surface area contributed by atoms with E-state index in [2.05, 4.69) is 14.4 Å². The number of hydrogen-bond acceptors (Lipinski definition) is 8. The van der Waals surface area contributed by atoms with Gasteiger partial charge in [-0.25, -0.2) is 9.13 Å². The first kappa shape index (κ1) is 20.6. The lowest BCUT2D eigenvalue weighted by atomic mass is 9.97. The number of aliphatic hydroxyl groups is 2. The van der Waals surface area contributed by atoms with Crippen molar-refractivity contribution < 1.29 is 57.5 Å². The van der Waals surface area contributed by atoms with Crippen LogP contribution in [0.5, 0.6) is 0 Å². The summed E-state index contributed by atoms with van der Waals surface area (Å²) in [6, 6.07) is -1.68. The van der Waals surface area contributed by atoms with E-state index in [1.165, 1.54) is 0 Å². The van der Waals surface area contributed by atoms with E-state index in [-0.39, 0.29) is 0 Å². The minimum absolute atomic E-state index is 0.785. The van der Waals surface area contributed by atoms with Gasteiger partial charge in [-0.15, -0.1) is 0 Å². The van der Waals surface area contributed by atoms with Crippen molar-refractivity contribution in [2.24, 2.45) is 0 Å². The van der Waals surface area contributed by atoms with E-state index >= 15 is 0 Å². The summed E-state index contributed by atoms with van der Waals surface area (Å²) in [5, 5.41) is 21.1. The SMILES string of the molecule is CC(=O)N[C@H]1C(OP(=O)(O)O)O[C@H](CO)[C@@H](O)[C@@H]1OP(=O)(O)O. The van der Waals surface area contributed by atoms with Crippen molar-refractivity contribution in [3.05, 3.63) is 0 Å². The molecule has 0 aromatic carbocycles. The van der Waals surface area contributed by atoms with E-state index < -0.39 is 58.8 Å². The Labute approximate surface area is 129 Å². The number of hydrogen-bond donors (Lipinski definition) is 7.